The van der Waals surface area contributed by atoms with Crippen molar-refractivity contribution in [2.75, 3.05) is 28.4 Å². The molecule has 132 valence electrons. The third-order valence-corrected chi connectivity index (χ3v) is 2.88. The predicted molar refractivity (Wildman–Crippen MR) is 94.2 cm³/mol. The highest BCUT2D eigenvalue weighted by atomic mass is 28.3. The second-order valence-electron chi connectivity index (χ2n) is 5.16. The van der Waals surface area contributed by atoms with Crippen molar-refractivity contribution in [3.05, 3.63) is 23.7 Å². The van der Waals surface area contributed by atoms with Gasteiger partial charge in [0.05, 0.1) is 28.4 Å². The Morgan fingerprint density at radius 1 is 0.875 bits per heavy atom. The van der Waals surface area contributed by atoms with Crippen molar-refractivity contribution in [2.24, 2.45) is 0 Å². The molecule has 0 heterocycles. The van der Waals surface area contributed by atoms with Crippen LogP contribution in [0.25, 0.3) is 0 Å². The number of hydrogen-bond acceptors (Lipinski definition) is 6. The molecule has 0 aromatic carbocycles. The van der Waals surface area contributed by atoms with Gasteiger partial charge in [-0.3, -0.25) is 0 Å². The lowest BCUT2D eigenvalue weighted by molar-refractivity contribution is -0.136. The van der Waals surface area contributed by atoms with E-state index in [1.807, 2.05) is 0 Å². The van der Waals surface area contributed by atoms with Crippen LogP contribution in [0.1, 0.15) is 0 Å². The van der Waals surface area contributed by atoms with Gasteiger partial charge in [0.15, 0.2) is 0 Å². The first-order valence-corrected chi connectivity index (χ1v) is 10.3. The third-order valence-electron chi connectivity index (χ3n) is 2.01. The van der Waals surface area contributed by atoms with Crippen molar-refractivity contribution in [3.8, 4) is 23.8 Å². The van der Waals surface area contributed by atoms with Crippen molar-refractivity contribution >= 4 is 20.0 Å². The molecule has 0 fully saturated rings. The van der Waals surface area contributed by atoms with E-state index in [1.165, 1.54) is 34.7 Å². The van der Waals surface area contributed by atoms with E-state index in [-0.39, 0.29) is 11.1 Å². The molecule has 0 aliphatic carbocycles. The lowest BCUT2D eigenvalue weighted by Crippen LogP contribution is -2.17. The number of hydrogen-bond donors (Lipinski definition) is 0. The molecule has 0 saturated carbocycles. The molecule has 0 rings (SSSR count). The van der Waals surface area contributed by atoms with E-state index in [9.17, 15) is 9.59 Å². The lowest BCUT2D eigenvalue weighted by Gasteiger charge is -2.04. The minimum absolute atomic E-state index is 0.0741. The highest BCUT2D eigenvalue weighted by Crippen LogP contribution is 2.00. The van der Waals surface area contributed by atoms with Crippen LogP contribution in [0.2, 0.25) is 19.6 Å². The van der Waals surface area contributed by atoms with Gasteiger partial charge in [0.25, 0.3) is 0 Å². The Bertz CT molecular complexity index is 579. The summed E-state index contributed by atoms with van der Waals surface area (Å²) in [5, 5.41) is 0. The average molecular weight is 352 g/mol. The molecule has 0 radical (unpaired) electrons. The SMILES string of the molecule is C#C/C(=C\OC)C(=O)OC.CO/C=C(\C#C[Si](C)(C)C)C(=O)OC. The van der Waals surface area contributed by atoms with Crippen LogP contribution in [0, 0.1) is 23.8 Å². The first kappa shape index (κ1) is 23.6. The van der Waals surface area contributed by atoms with Gasteiger partial charge in [-0.25, -0.2) is 9.59 Å². The first-order chi connectivity index (χ1) is 11.2. The number of terminal acetylenes is 1. The minimum atomic E-state index is -1.47. The Kier molecular flexibility index (Phi) is 12.7. The topological polar surface area (TPSA) is 71.1 Å². The van der Waals surface area contributed by atoms with Gasteiger partial charge in [0, 0.05) is 0 Å². The summed E-state index contributed by atoms with van der Waals surface area (Å²) in [5.41, 5.74) is 3.40. The van der Waals surface area contributed by atoms with E-state index in [0.29, 0.717) is 0 Å². The number of methoxy groups -OCH3 is 4. The van der Waals surface area contributed by atoms with E-state index >= 15 is 0 Å². The molecule has 0 aliphatic heterocycles. The average Bonchev–Trinajstić information content (AvgIpc) is 2.54. The molecule has 7 heteroatoms. The summed E-state index contributed by atoms with van der Waals surface area (Å²) in [6.07, 6.45) is 7.40. The summed E-state index contributed by atoms with van der Waals surface area (Å²) in [4.78, 5) is 21.8. The van der Waals surface area contributed by atoms with Crippen molar-refractivity contribution < 1.29 is 28.5 Å². The fraction of sp³-hybridized carbons (Fsp3) is 0.412. The normalized spacial score (nSPS) is 10.8. The molecule has 0 amide bonds. The molecule has 6 nitrogen and oxygen atoms in total. The van der Waals surface area contributed by atoms with Gasteiger partial charge in [-0.2, -0.15) is 0 Å². The maximum atomic E-state index is 11.2. The standard InChI is InChI=1S/C10H16O3Si.C7H8O3/c1-12-8-9(10(11)13-2)6-7-14(3,4)5;1-4-6(5-9-2)7(8)10-3/h8H,1-5H3;1,5H,2-3H3/b9-8+;6-5+. The van der Waals surface area contributed by atoms with Gasteiger partial charge in [0.1, 0.15) is 31.7 Å². The molecule has 0 N–H and O–H groups in total. The highest BCUT2D eigenvalue weighted by Gasteiger charge is 2.11. The number of carbonyl (C=O) groups excluding carboxylic acids is 2. The van der Waals surface area contributed by atoms with Crippen molar-refractivity contribution in [1.82, 2.24) is 0 Å². The summed E-state index contributed by atoms with van der Waals surface area (Å²) in [7, 11) is 3.98. The zero-order valence-electron chi connectivity index (χ0n) is 15.2. The predicted octanol–water partition coefficient (Wildman–Crippen LogP) is 1.89. The molecule has 0 unspecified atom stereocenters. The zero-order chi connectivity index (χ0) is 19.2. The number of carbonyl (C=O) groups is 2. The van der Waals surface area contributed by atoms with Crippen LogP contribution in [0.3, 0.4) is 0 Å². The van der Waals surface area contributed by atoms with Gasteiger partial charge in [0.2, 0.25) is 0 Å². The summed E-state index contributed by atoms with van der Waals surface area (Å²) in [6, 6.07) is 0. The number of rotatable bonds is 4. The van der Waals surface area contributed by atoms with Gasteiger partial charge in [-0.1, -0.05) is 31.5 Å². The highest BCUT2D eigenvalue weighted by molar-refractivity contribution is 6.83. The Balaban J connectivity index is 0. The van der Waals surface area contributed by atoms with E-state index in [0.717, 1.165) is 6.26 Å². The van der Waals surface area contributed by atoms with Crippen LogP contribution < -0.4 is 0 Å². The smallest absolute Gasteiger partial charge is 0.349 e. The fourth-order valence-electron chi connectivity index (χ4n) is 0.980. The molecule has 0 bridgehead atoms. The molecule has 0 aromatic heterocycles. The van der Waals surface area contributed by atoms with E-state index in [2.05, 4.69) is 51.2 Å². The maximum absolute atomic E-state index is 11.2. The third kappa shape index (κ3) is 12.0. The molecule has 0 atom stereocenters. The van der Waals surface area contributed by atoms with E-state index in [4.69, 9.17) is 11.2 Å². The summed E-state index contributed by atoms with van der Waals surface area (Å²) < 4.78 is 18.1. The maximum Gasteiger partial charge on any atom is 0.349 e. The molecular weight excluding hydrogens is 328 g/mol. The Morgan fingerprint density at radius 2 is 1.29 bits per heavy atom. The molecule has 0 aromatic rings. The monoisotopic (exact) mass is 352 g/mol. The number of ether oxygens (including phenoxy) is 4. The largest absolute Gasteiger partial charge is 0.503 e. The van der Waals surface area contributed by atoms with Crippen LogP contribution in [0.15, 0.2) is 23.7 Å². The van der Waals surface area contributed by atoms with Gasteiger partial charge in [-0.15, -0.1) is 12.0 Å². The first-order valence-electron chi connectivity index (χ1n) is 6.79. The molecule has 0 saturated heterocycles. The van der Waals surface area contributed by atoms with Crippen molar-refractivity contribution in [2.45, 2.75) is 19.6 Å². The van der Waals surface area contributed by atoms with Crippen LogP contribution >= 0.6 is 0 Å². The Hall–Kier alpha value is -2.64. The van der Waals surface area contributed by atoms with Crippen LogP contribution in [0.5, 0.6) is 0 Å². The van der Waals surface area contributed by atoms with Crippen molar-refractivity contribution in [3.63, 3.8) is 0 Å². The molecule has 24 heavy (non-hydrogen) atoms. The molecular formula is C17H24O6Si. The van der Waals surface area contributed by atoms with Crippen LogP contribution in [-0.4, -0.2) is 48.5 Å². The summed E-state index contributed by atoms with van der Waals surface area (Å²) in [5.74, 6) is 3.87. The van der Waals surface area contributed by atoms with Crippen LogP contribution in [-0.2, 0) is 28.5 Å². The fourth-order valence-corrected chi connectivity index (χ4v) is 1.49. The van der Waals surface area contributed by atoms with Crippen LogP contribution in [0.4, 0.5) is 0 Å². The Morgan fingerprint density at radius 3 is 1.62 bits per heavy atom. The molecule has 0 aliphatic rings. The van der Waals surface area contributed by atoms with Crippen molar-refractivity contribution in [1.29, 1.82) is 0 Å². The second kappa shape index (κ2) is 12.9. The summed E-state index contributed by atoms with van der Waals surface area (Å²) in [6.45, 7) is 6.30. The summed E-state index contributed by atoms with van der Waals surface area (Å²) >= 11 is 0. The van der Waals surface area contributed by atoms with Gasteiger partial charge >= 0.3 is 11.9 Å². The zero-order valence-corrected chi connectivity index (χ0v) is 16.2. The van der Waals surface area contributed by atoms with Gasteiger partial charge in [-0.05, 0) is 0 Å². The van der Waals surface area contributed by atoms with Gasteiger partial charge < -0.3 is 18.9 Å². The minimum Gasteiger partial charge on any atom is -0.503 e. The lowest BCUT2D eigenvalue weighted by atomic mass is 10.3. The van der Waals surface area contributed by atoms with E-state index in [1.54, 1.807) is 0 Å². The quantitative estimate of drug-likeness (QED) is 0.253. The molecule has 0 spiro atoms. The second-order valence-corrected chi connectivity index (χ2v) is 9.91. The number of esters is 2. The van der Waals surface area contributed by atoms with E-state index < -0.39 is 20.0 Å². The Labute approximate surface area is 144 Å².